The molecular weight excluding hydrogens is 280 g/mol. The van der Waals surface area contributed by atoms with Crippen LogP contribution in [0.2, 0.25) is 0 Å². The van der Waals surface area contributed by atoms with Crippen LogP contribution >= 0.6 is 11.8 Å². The minimum atomic E-state index is -0.505. The van der Waals surface area contributed by atoms with Gasteiger partial charge in [0.1, 0.15) is 12.1 Å². The Labute approximate surface area is 122 Å². The van der Waals surface area contributed by atoms with Crippen molar-refractivity contribution in [1.29, 1.82) is 0 Å². The fourth-order valence-corrected chi connectivity index (χ4v) is 3.99. The van der Waals surface area contributed by atoms with Crippen molar-refractivity contribution in [2.75, 3.05) is 19.4 Å². The largest absolute Gasteiger partial charge is 0.467 e. The summed E-state index contributed by atoms with van der Waals surface area (Å²) in [5.41, 5.74) is 0. The number of carbonyl (C=O) groups excluding carboxylic acids is 3. The normalized spacial score (nSPS) is 28.6. The number of esters is 1. The smallest absolute Gasteiger partial charge is 0.328 e. The molecule has 0 radical (unpaired) electrons. The molecule has 2 amide bonds. The lowest BCUT2D eigenvalue weighted by atomic mass is 10.1. The van der Waals surface area contributed by atoms with E-state index in [0.717, 1.165) is 12.8 Å². The number of hydrogen-bond donors (Lipinski definition) is 0. The van der Waals surface area contributed by atoms with Crippen LogP contribution in [0.25, 0.3) is 0 Å². The predicted octanol–water partition coefficient (Wildman–Crippen LogP) is 0.460. The molecule has 20 heavy (non-hydrogen) atoms. The molecule has 2 aliphatic rings. The van der Waals surface area contributed by atoms with Gasteiger partial charge in [-0.3, -0.25) is 9.59 Å². The van der Waals surface area contributed by atoms with Gasteiger partial charge in [-0.25, -0.2) is 4.79 Å². The van der Waals surface area contributed by atoms with Crippen LogP contribution < -0.4 is 0 Å². The van der Waals surface area contributed by atoms with E-state index in [1.165, 1.54) is 7.11 Å². The Balaban J connectivity index is 2.15. The maximum Gasteiger partial charge on any atom is 0.328 e. The molecule has 2 atom stereocenters. The van der Waals surface area contributed by atoms with Gasteiger partial charge in [0, 0.05) is 12.3 Å². The number of thioether (sulfide) groups is 1. The number of ether oxygens (including phenoxy) is 1. The molecule has 0 aromatic carbocycles. The summed E-state index contributed by atoms with van der Waals surface area (Å²) in [5.74, 6) is 0.0381. The number of hydrogen-bond acceptors (Lipinski definition) is 5. The van der Waals surface area contributed by atoms with Gasteiger partial charge in [0.05, 0.1) is 12.0 Å². The summed E-state index contributed by atoms with van der Waals surface area (Å²) in [5, 5.41) is 0. The number of rotatable bonds is 3. The van der Waals surface area contributed by atoms with Crippen molar-refractivity contribution < 1.29 is 19.1 Å². The second-order valence-corrected chi connectivity index (χ2v) is 7.12. The first-order valence-corrected chi connectivity index (χ1v) is 7.67. The number of nitrogens with zero attached hydrogens (tertiary/aromatic N) is 2. The molecule has 6 nitrogen and oxygen atoms in total. The standard InChI is InChI=1S/C13H20N2O4S/c1-13(2)15(8-16)10(7-20-13)11(17)14-6-4-5-9(14)12(18)19-3/h8-10H,4-7H2,1-3H3/t9-,10+/m0/s1. The lowest BCUT2D eigenvalue weighted by Gasteiger charge is -2.33. The molecule has 2 fully saturated rings. The molecule has 0 N–H and O–H groups in total. The van der Waals surface area contributed by atoms with Crippen molar-refractivity contribution in [3.8, 4) is 0 Å². The van der Waals surface area contributed by atoms with Crippen LogP contribution in [-0.4, -0.2) is 64.4 Å². The van der Waals surface area contributed by atoms with Crippen molar-refractivity contribution in [2.24, 2.45) is 0 Å². The summed E-state index contributed by atoms with van der Waals surface area (Å²) in [6, 6.07) is -0.993. The number of carbonyl (C=O) groups is 3. The second-order valence-electron chi connectivity index (χ2n) is 5.50. The van der Waals surface area contributed by atoms with Crippen LogP contribution in [0.5, 0.6) is 0 Å². The van der Waals surface area contributed by atoms with Crippen LogP contribution in [0.15, 0.2) is 0 Å². The van der Waals surface area contributed by atoms with Crippen LogP contribution in [0.4, 0.5) is 0 Å². The van der Waals surface area contributed by atoms with E-state index in [-0.39, 0.29) is 16.7 Å². The monoisotopic (exact) mass is 300 g/mol. The third-order valence-corrected chi connectivity index (χ3v) is 5.36. The van der Waals surface area contributed by atoms with E-state index in [1.807, 2.05) is 13.8 Å². The lowest BCUT2D eigenvalue weighted by molar-refractivity contribution is -0.153. The number of amides is 2. The highest BCUT2D eigenvalue weighted by Gasteiger charge is 2.47. The SMILES string of the molecule is COC(=O)[C@@H]1CCCN1C(=O)[C@H]1CSC(C)(C)N1C=O. The minimum Gasteiger partial charge on any atom is -0.467 e. The Bertz CT molecular complexity index is 427. The molecule has 112 valence electrons. The quantitative estimate of drug-likeness (QED) is 0.559. The van der Waals surface area contributed by atoms with E-state index >= 15 is 0 Å². The maximum atomic E-state index is 12.6. The summed E-state index contributed by atoms with van der Waals surface area (Å²) in [6.45, 7) is 4.38. The van der Waals surface area contributed by atoms with Gasteiger partial charge in [0.15, 0.2) is 0 Å². The molecule has 0 unspecified atom stereocenters. The Hall–Kier alpha value is -1.24. The van der Waals surface area contributed by atoms with Gasteiger partial charge in [-0.1, -0.05) is 0 Å². The third-order valence-electron chi connectivity index (χ3n) is 3.96. The van der Waals surface area contributed by atoms with Crippen LogP contribution in [0, 0.1) is 0 Å². The fourth-order valence-electron chi connectivity index (χ4n) is 2.81. The summed E-state index contributed by atoms with van der Waals surface area (Å²) in [6.07, 6.45) is 2.14. The first-order valence-electron chi connectivity index (χ1n) is 6.68. The Morgan fingerprint density at radius 1 is 1.35 bits per heavy atom. The summed E-state index contributed by atoms with van der Waals surface area (Å²) >= 11 is 1.57. The average Bonchev–Trinajstić information content (AvgIpc) is 3.00. The van der Waals surface area contributed by atoms with Gasteiger partial charge >= 0.3 is 5.97 Å². The first kappa shape index (κ1) is 15.2. The van der Waals surface area contributed by atoms with Crippen LogP contribution in [-0.2, 0) is 19.1 Å². The zero-order chi connectivity index (χ0) is 14.9. The van der Waals surface area contributed by atoms with Crippen molar-refractivity contribution in [3.05, 3.63) is 0 Å². The molecule has 2 aliphatic heterocycles. The van der Waals surface area contributed by atoms with E-state index in [1.54, 1.807) is 21.6 Å². The Morgan fingerprint density at radius 2 is 2.05 bits per heavy atom. The van der Waals surface area contributed by atoms with Crippen molar-refractivity contribution in [1.82, 2.24) is 9.80 Å². The average molecular weight is 300 g/mol. The molecule has 0 saturated carbocycles. The fraction of sp³-hybridized carbons (Fsp3) is 0.769. The van der Waals surface area contributed by atoms with E-state index in [4.69, 9.17) is 4.74 Å². The second kappa shape index (κ2) is 5.63. The molecule has 2 rings (SSSR count). The highest BCUT2D eigenvalue weighted by atomic mass is 32.2. The topological polar surface area (TPSA) is 66.9 Å². The zero-order valence-corrected chi connectivity index (χ0v) is 12.8. The highest BCUT2D eigenvalue weighted by Crippen LogP contribution is 2.38. The van der Waals surface area contributed by atoms with E-state index < -0.39 is 12.1 Å². The Morgan fingerprint density at radius 3 is 2.65 bits per heavy atom. The van der Waals surface area contributed by atoms with E-state index in [2.05, 4.69) is 0 Å². The Kier molecular flexibility index (Phi) is 4.27. The minimum absolute atomic E-state index is 0.150. The molecule has 0 spiro atoms. The third kappa shape index (κ3) is 2.51. The van der Waals surface area contributed by atoms with Gasteiger partial charge in [-0.15, -0.1) is 11.8 Å². The van der Waals surface area contributed by atoms with Crippen molar-refractivity contribution >= 4 is 30.0 Å². The van der Waals surface area contributed by atoms with Gasteiger partial charge in [-0.2, -0.15) is 0 Å². The predicted molar refractivity (Wildman–Crippen MR) is 75.0 cm³/mol. The van der Waals surface area contributed by atoms with Crippen molar-refractivity contribution in [2.45, 2.75) is 43.6 Å². The summed E-state index contributed by atoms with van der Waals surface area (Å²) < 4.78 is 4.75. The number of likely N-dealkylation sites (tertiary alicyclic amines) is 1. The van der Waals surface area contributed by atoms with Gasteiger partial charge in [-0.05, 0) is 26.7 Å². The molecule has 0 aromatic rings. The highest BCUT2D eigenvalue weighted by molar-refractivity contribution is 8.00. The molecule has 0 bridgehead atoms. The first-order chi connectivity index (χ1) is 9.42. The zero-order valence-electron chi connectivity index (χ0n) is 12.0. The maximum absolute atomic E-state index is 12.6. The number of methoxy groups -OCH3 is 1. The summed E-state index contributed by atoms with van der Waals surface area (Å²) in [4.78, 5) is 38.4. The van der Waals surface area contributed by atoms with Crippen molar-refractivity contribution in [3.63, 3.8) is 0 Å². The molecule has 2 heterocycles. The van der Waals surface area contributed by atoms with Crippen LogP contribution in [0.1, 0.15) is 26.7 Å². The molecule has 0 aliphatic carbocycles. The van der Waals surface area contributed by atoms with Crippen LogP contribution in [0.3, 0.4) is 0 Å². The lowest BCUT2D eigenvalue weighted by Crippen LogP contribution is -2.53. The van der Waals surface area contributed by atoms with Gasteiger partial charge in [0.25, 0.3) is 0 Å². The van der Waals surface area contributed by atoms with E-state index in [0.29, 0.717) is 18.7 Å². The molecule has 0 aromatic heterocycles. The molecule has 7 heteroatoms. The van der Waals surface area contributed by atoms with Gasteiger partial charge in [0.2, 0.25) is 12.3 Å². The summed E-state index contributed by atoms with van der Waals surface area (Å²) in [7, 11) is 1.33. The molecule has 2 saturated heterocycles. The van der Waals surface area contributed by atoms with E-state index in [9.17, 15) is 14.4 Å². The van der Waals surface area contributed by atoms with Gasteiger partial charge < -0.3 is 14.5 Å². The molecular formula is C13H20N2O4S.